The Kier molecular flexibility index (Phi) is 3.94. The summed E-state index contributed by atoms with van der Waals surface area (Å²) in [7, 11) is 0. The number of carbonyl (C=O) groups is 1. The maximum atomic E-state index is 11.4. The molecule has 0 saturated heterocycles. The molecule has 1 aromatic heterocycles. The zero-order valence-electron chi connectivity index (χ0n) is 9.69. The highest BCUT2D eigenvalue weighted by Gasteiger charge is 2.23. The van der Waals surface area contributed by atoms with Gasteiger partial charge >= 0.3 is 0 Å². The number of hydrogen-bond donors (Lipinski definition) is 3. The van der Waals surface area contributed by atoms with Gasteiger partial charge < -0.3 is 10.4 Å². The lowest BCUT2D eigenvalue weighted by Gasteiger charge is -2.25. The molecule has 0 saturated carbocycles. The van der Waals surface area contributed by atoms with Gasteiger partial charge in [0.05, 0.1) is 5.60 Å². The molecule has 90 valence electrons. The minimum Gasteiger partial charge on any atom is -0.388 e. The van der Waals surface area contributed by atoms with Crippen LogP contribution in [-0.4, -0.2) is 43.8 Å². The number of amides is 1. The van der Waals surface area contributed by atoms with Crippen LogP contribution < -0.4 is 5.32 Å². The predicted molar refractivity (Wildman–Crippen MR) is 56.6 cm³/mol. The van der Waals surface area contributed by atoms with Crippen molar-refractivity contribution in [2.75, 3.05) is 6.54 Å². The third kappa shape index (κ3) is 3.93. The third-order valence-electron chi connectivity index (χ3n) is 2.03. The Balaban J connectivity index is 2.42. The summed E-state index contributed by atoms with van der Waals surface area (Å²) in [5.74, 6) is -0.116. The van der Waals surface area contributed by atoms with Crippen LogP contribution >= 0.6 is 0 Å². The third-order valence-corrected chi connectivity index (χ3v) is 2.03. The Hall–Kier alpha value is -1.50. The molecule has 7 nitrogen and oxygen atoms in total. The first-order valence-corrected chi connectivity index (χ1v) is 5.15. The summed E-state index contributed by atoms with van der Waals surface area (Å²) in [6.07, 6.45) is 0.611. The van der Waals surface area contributed by atoms with E-state index >= 15 is 0 Å². The highest BCUT2D eigenvalue weighted by atomic mass is 16.3. The number of aromatic nitrogens is 4. The number of tetrazole rings is 1. The maximum absolute atomic E-state index is 11.4. The van der Waals surface area contributed by atoms with Gasteiger partial charge in [-0.2, -0.15) is 5.21 Å². The molecule has 0 bridgehead atoms. The van der Waals surface area contributed by atoms with Crippen LogP contribution in [0, 0.1) is 5.92 Å². The first kappa shape index (κ1) is 12.6. The average molecular weight is 227 g/mol. The van der Waals surface area contributed by atoms with Crippen molar-refractivity contribution < 1.29 is 9.90 Å². The number of rotatable bonds is 5. The summed E-state index contributed by atoms with van der Waals surface area (Å²) in [5.41, 5.74) is -0.923. The van der Waals surface area contributed by atoms with E-state index in [1.165, 1.54) is 0 Å². The van der Waals surface area contributed by atoms with Crippen LogP contribution in [0.5, 0.6) is 0 Å². The molecule has 0 spiro atoms. The molecule has 1 unspecified atom stereocenters. The van der Waals surface area contributed by atoms with E-state index in [0.29, 0.717) is 12.3 Å². The van der Waals surface area contributed by atoms with Crippen molar-refractivity contribution >= 4 is 5.91 Å². The van der Waals surface area contributed by atoms with Gasteiger partial charge in [0.2, 0.25) is 0 Å². The lowest BCUT2D eigenvalue weighted by molar-refractivity contribution is 0.0366. The van der Waals surface area contributed by atoms with Gasteiger partial charge in [-0.05, 0) is 24.5 Å². The summed E-state index contributed by atoms with van der Waals surface area (Å²) in [6.45, 7) is 5.87. The standard InChI is InChI=1S/C9H17N5O2/c1-6(2)4-9(3,16)5-10-8(15)7-11-13-14-12-7/h6,16H,4-5H2,1-3H3,(H,10,15)(H,11,12,13,14). The van der Waals surface area contributed by atoms with Crippen LogP contribution in [0.15, 0.2) is 0 Å². The molecule has 1 heterocycles. The average Bonchev–Trinajstić information content (AvgIpc) is 2.64. The van der Waals surface area contributed by atoms with E-state index in [0.717, 1.165) is 0 Å². The number of aliphatic hydroxyl groups is 1. The SMILES string of the molecule is CC(C)CC(C)(O)CNC(=O)c1nn[nH]n1. The lowest BCUT2D eigenvalue weighted by atomic mass is 9.94. The molecule has 0 aliphatic heterocycles. The van der Waals surface area contributed by atoms with Crippen LogP contribution in [0.2, 0.25) is 0 Å². The zero-order valence-corrected chi connectivity index (χ0v) is 9.69. The molecule has 0 radical (unpaired) electrons. The first-order valence-electron chi connectivity index (χ1n) is 5.15. The predicted octanol–water partition coefficient (Wildman–Crippen LogP) is -0.273. The van der Waals surface area contributed by atoms with Gasteiger partial charge in [0.1, 0.15) is 0 Å². The fraction of sp³-hybridized carbons (Fsp3) is 0.778. The highest BCUT2D eigenvalue weighted by Crippen LogP contribution is 2.14. The van der Waals surface area contributed by atoms with Crippen molar-refractivity contribution in [3.63, 3.8) is 0 Å². The Bertz CT molecular complexity index is 334. The second-order valence-corrected chi connectivity index (χ2v) is 4.51. The first-order chi connectivity index (χ1) is 7.41. The van der Waals surface area contributed by atoms with Crippen LogP contribution in [-0.2, 0) is 0 Å². The van der Waals surface area contributed by atoms with Gasteiger partial charge in [-0.25, -0.2) is 0 Å². The van der Waals surface area contributed by atoms with E-state index in [1.54, 1.807) is 6.92 Å². The Morgan fingerprint density at radius 1 is 1.62 bits per heavy atom. The van der Waals surface area contributed by atoms with E-state index in [2.05, 4.69) is 25.9 Å². The second-order valence-electron chi connectivity index (χ2n) is 4.51. The molecule has 1 atom stereocenters. The largest absolute Gasteiger partial charge is 0.388 e. The van der Waals surface area contributed by atoms with E-state index in [-0.39, 0.29) is 12.4 Å². The number of carbonyl (C=O) groups excluding carboxylic acids is 1. The molecule has 3 N–H and O–H groups in total. The number of nitrogens with one attached hydrogen (secondary N) is 2. The van der Waals surface area contributed by atoms with E-state index < -0.39 is 11.5 Å². The van der Waals surface area contributed by atoms with Crippen molar-refractivity contribution in [2.24, 2.45) is 5.92 Å². The number of H-pyrrole nitrogens is 1. The van der Waals surface area contributed by atoms with Gasteiger partial charge in [-0.3, -0.25) is 4.79 Å². The Morgan fingerprint density at radius 3 is 2.81 bits per heavy atom. The molecule has 7 heteroatoms. The summed E-state index contributed by atoms with van der Waals surface area (Å²) >= 11 is 0. The second kappa shape index (κ2) is 5.02. The number of aromatic amines is 1. The van der Waals surface area contributed by atoms with Crippen molar-refractivity contribution in [3.05, 3.63) is 5.82 Å². The smallest absolute Gasteiger partial charge is 0.292 e. The molecule has 0 fully saturated rings. The topological polar surface area (TPSA) is 104 Å². The normalized spacial score (nSPS) is 14.8. The van der Waals surface area contributed by atoms with Gasteiger partial charge in [0.25, 0.3) is 11.7 Å². The molecule has 1 rings (SSSR count). The number of nitrogens with zero attached hydrogens (tertiary/aromatic N) is 3. The molecule has 0 aromatic carbocycles. The van der Waals surface area contributed by atoms with Gasteiger partial charge in [0.15, 0.2) is 0 Å². The molecule has 16 heavy (non-hydrogen) atoms. The van der Waals surface area contributed by atoms with Gasteiger partial charge in [0, 0.05) is 6.54 Å². The van der Waals surface area contributed by atoms with Crippen LogP contribution in [0.3, 0.4) is 0 Å². The Labute approximate surface area is 93.6 Å². The van der Waals surface area contributed by atoms with Crippen molar-refractivity contribution in [1.29, 1.82) is 0 Å². The van der Waals surface area contributed by atoms with Crippen molar-refractivity contribution in [2.45, 2.75) is 32.8 Å². The summed E-state index contributed by atoms with van der Waals surface area (Å²) in [5, 5.41) is 25.0. The van der Waals surface area contributed by atoms with Gasteiger partial charge in [-0.1, -0.05) is 13.8 Å². The van der Waals surface area contributed by atoms with Crippen LogP contribution in [0.25, 0.3) is 0 Å². The fourth-order valence-corrected chi connectivity index (χ4v) is 1.56. The minimum atomic E-state index is -0.923. The Morgan fingerprint density at radius 2 is 2.31 bits per heavy atom. The minimum absolute atomic E-state index is 0.0275. The summed E-state index contributed by atoms with van der Waals surface area (Å²) < 4.78 is 0. The van der Waals surface area contributed by atoms with E-state index in [9.17, 15) is 9.90 Å². The summed E-state index contributed by atoms with van der Waals surface area (Å²) in [4.78, 5) is 11.4. The number of hydrogen-bond acceptors (Lipinski definition) is 5. The molecule has 1 amide bonds. The molecule has 1 aromatic rings. The molecular weight excluding hydrogens is 210 g/mol. The highest BCUT2D eigenvalue weighted by molar-refractivity contribution is 5.90. The zero-order chi connectivity index (χ0) is 12.2. The van der Waals surface area contributed by atoms with Crippen molar-refractivity contribution in [1.82, 2.24) is 25.9 Å². The van der Waals surface area contributed by atoms with Crippen LogP contribution in [0.4, 0.5) is 0 Å². The van der Waals surface area contributed by atoms with Gasteiger partial charge in [-0.15, -0.1) is 10.2 Å². The van der Waals surface area contributed by atoms with E-state index in [4.69, 9.17) is 0 Å². The molecule has 0 aliphatic carbocycles. The molecule has 0 aliphatic rings. The van der Waals surface area contributed by atoms with E-state index in [1.807, 2.05) is 13.8 Å². The van der Waals surface area contributed by atoms with Crippen molar-refractivity contribution in [3.8, 4) is 0 Å². The maximum Gasteiger partial charge on any atom is 0.292 e. The molecular formula is C9H17N5O2. The summed E-state index contributed by atoms with van der Waals surface area (Å²) in [6, 6.07) is 0. The lowest BCUT2D eigenvalue weighted by Crippen LogP contribution is -2.41. The van der Waals surface area contributed by atoms with Crippen LogP contribution in [0.1, 0.15) is 37.8 Å². The monoisotopic (exact) mass is 227 g/mol. The quantitative estimate of drug-likeness (QED) is 0.642. The fourth-order valence-electron chi connectivity index (χ4n) is 1.56.